The average molecular weight is 724 g/mol. The molecule has 0 aromatic heterocycles. The Balaban J connectivity index is 2.52. The minimum atomic E-state index is -1.67. The summed E-state index contributed by atoms with van der Waals surface area (Å²) in [7, 11) is 0. The molecule has 0 saturated carbocycles. The van der Waals surface area contributed by atoms with Crippen molar-refractivity contribution in [1.82, 2.24) is 4.90 Å². The van der Waals surface area contributed by atoms with Crippen LogP contribution in [0.3, 0.4) is 0 Å². The summed E-state index contributed by atoms with van der Waals surface area (Å²) >= 11 is 1.71. The molecule has 6 unspecified atom stereocenters. The van der Waals surface area contributed by atoms with Crippen molar-refractivity contribution < 1.29 is 62.3 Å². The summed E-state index contributed by atoms with van der Waals surface area (Å²) in [4.78, 5) is 77.0. The molecule has 6 atom stereocenters. The van der Waals surface area contributed by atoms with Crippen LogP contribution in [0.2, 0.25) is 0 Å². The molecule has 0 spiro atoms. The SMILES string of the molecule is C#CCC(OC(=O)C(C)OC(=O)C(O)CCCSCCN(CC)CC)C(=O)OC(C)C(=O)OC(C)C(=O)OC(C)C(=O)OCc1ccccc1. The van der Waals surface area contributed by atoms with Crippen LogP contribution in [-0.2, 0) is 63.8 Å². The number of carbonyl (C=O) groups is 6. The van der Waals surface area contributed by atoms with Gasteiger partial charge in [0.25, 0.3) is 0 Å². The van der Waals surface area contributed by atoms with Gasteiger partial charge in [0.05, 0.1) is 6.42 Å². The van der Waals surface area contributed by atoms with Crippen molar-refractivity contribution in [2.75, 3.05) is 31.1 Å². The number of hydrogen-bond donors (Lipinski definition) is 1. The van der Waals surface area contributed by atoms with Crippen LogP contribution in [0.5, 0.6) is 0 Å². The van der Waals surface area contributed by atoms with Gasteiger partial charge in [-0.15, -0.1) is 12.3 Å². The number of carbonyl (C=O) groups excluding carboxylic acids is 6. The van der Waals surface area contributed by atoms with E-state index >= 15 is 0 Å². The first kappa shape index (κ1) is 43.9. The Labute approximate surface area is 297 Å². The first-order valence-electron chi connectivity index (χ1n) is 16.4. The van der Waals surface area contributed by atoms with Gasteiger partial charge in [0.1, 0.15) is 6.61 Å². The van der Waals surface area contributed by atoms with E-state index < -0.39 is 78.9 Å². The number of benzene rings is 1. The number of aliphatic hydroxyl groups excluding tert-OH is 1. The molecule has 0 fully saturated rings. The summed E-state index contributed by atoms with van der Waals surface area (Å²) < 4.78 is 30.3. The van der Waals surface area contributed by atoms with Crippen LogP contribution in [0.1, 0.15) is 66.4 Å². The average Bonchev–Trinajstić information content (AvgIpc) is 3.09. The van der Waals surface area contributed by atoms with Gasteiger partial charge in [-0.05, 0) is 64.9 Å². The molecule has 14 nitrogen and oxygen atoms in total. The van der Waals surface area contributed by atoms with Gasteiger partial charge < -0.3 is 38.4 Å². The molecule has 0 aliphatic rings. The van der Waals surface area contributed by atoms with E-state index in [0.29, 0.717) is 6.42 Å². The predicted molar refractivity (Wildman–Crippen MR) is 182 cm³/mol. The Bertz CT molecular complexity index is 1280. The third-order valence-electron chi connectivity index (χ3n) is 7.03. The van der Waals surface area contributed by atoms with Gasteiger partial charge in [-0.1, -0.05) is 44.2 Å². The summed E-state index contributed by atoms with van der Waals surface area (Å²) in [6, 6.07) is 8.85. The second-order valence-electron chi connectivity index (χ2n) is 11.0. The molecule has 0 aliphatic heterocycles. The van der Waals surface area contributed by atoms with E-state index in [1.807, 2.05) is 0 Å². The van der Waals surface area contributed by atoms with Crippen LogP contribution in [0.4, 0.5) is 0 Å². The zero-order valence-electron chi connectivity index (χ0n) is 29.5. The molecule has 1 aromatic rings. The van der Waals surface area contributed by atoms with Crippen LogP contribution in [0.15, 0.2) is 30.3 Å². The lowest BCUT2D eigenvalue weighted by atomic mass is 10.2. The van der Waals surface area contributed by atoms with Crippen LogP contribution >= 0.6 is 11.8 Å². The molecule has 1 N–H and O–H groups in total. The Hall–Kier alpha value is -4.13. The molecule has 1 rings (SSSR count). The van der Waals surface area contributed by atoms with Crippen molar-refractivity contribution in [3.63, 3.8) is 0 Å². The summed E-state index contributed by atoms with van der Waals surface area (Å²) in [5, 5.41) is 10.2. The fourth-order valence-electron chi connectivity index (χ4n) is 3.93. The standard InChI is InChI=1S/C35H49NO13S/c1-8-15-29(49-33(41)26(7)47-34(42)28(37)18-14-20-50-21-19-36(9-2)10-3)35(43)48-25(6)32(40)46-24(5)31(39)45-23(4)30(38)44-22-27-16-12-11-13-17-27/h1,11-13,16-17,23-26,28-29,37H,9-10,14-15,18-22H2,2-7H3. The number of hydrogen-bond acceptors (Lipinski definition) is 15. The zero-order valence-corrected chi connectivity index (χ0v) is 30.3. The Morgan fingerprint density at radius 1 is 0.740 bits per heavy atom. The van der Waals surface area contributed by atoms with E-state index in [9.17, 15) is 33.9 Å². The van der Waals surface area contributed by atoms with Gasteiger partial charge in [0, 0.05) is 12.3 Å². The minimum absolute atomic E-state index is 0.0323. The van der Waals surface area contributed by atoms with Crippen LogP contribution in [0, 0.1) is 12.3 Å². The smallest absolute Gasteiger partial charge is 0.349 e. The summed E-state index contributed by atoms with van der Waals surface area (Å²) in [5.74, 6) is -2.58. The molecule has 1 aromatic carbocycles. The van der Waals surface area contributed by atoms with Crippen LogP contribution in [-0.4, -0.2) is 114 Å². The maximum absolute atomic E-state index is 12.7. The van der Waals surface area contributed by atoms with Gasteiger partial charge in [-0.3, -0.25) is 0 Å². The monoisotopic (exact) mass is 723 g/mol. The van der Waals surface area contributed by atoms with Crippen molar-refractivity contribution in [3.05, 3.63) is 35.9 Å². The first-order chi connectivity index (χ1) is 23.7. The number of rotatable bonds is 23. The van der Waals surface area contributed by atoms with Crippen LogP contribution < -0.4 is 0 Å². The van der Waals surface area contributed by atoms with Crippen molar-refractivity contribution in [3.8, 4) is 12.3 Å². The van der Waals surface area contributed by atoms with E-state index in [1.165, 1.54) is 20.8 Å². The number of ether oxygens (including phenoxy) is 6. The van der Waals surface area contributed by atoms with Crippen LogP contribution in [0.25, 0.3) is 0 Å². The molecule has 0 aliphatic carbocycles. The second kappa shape index (κ2) is 24.1. The third kappa shape index (κ3) is 17.0. The van der Waals surface area contributed by atoms with Crippen molar-refractivity contribution in [1.29, 1.82) is 0 Å². The number of nitrogens with zero attached hydrogens (tertiary/aromatic N) is 1. The highest BCUT2D eigenvalue weighted by atomic mass is 32.2. The highest BCUT2D eigenvalue weighted by Crippen LogP contribution is 2.12. The maximum Gasteiger partial charge on any atom is 0.349 e. The zero-order chi connectivity index (χ0) is 37.6. The topological polar surface area (TPSA) is 181 Å². The fourth-order valence-corrected chi connectivity index (χ4v) is 4.89. The number of thioether (sulfide) groups is 1. The molecule has 0 bridgehead atoms. The summed E-state index contributed by atoms with van der Waals surface area (Å²) in [5.41, 5.74) is 0.732. The summed E-state index contributed by atoms with van der Waals surface area (Å²) in [6.45, 7) is 11.9. The quantitative estimate of drug-likeness (QED) is 0.0753. The molecule has 0 radical (unpaired) electrons. The van der Waals surface area contributed by atoms with Gasteiger partial charge in [-0.25, -0.2) is 28.8 Å². The van der Waals surface area contributed by atoms with E-state index in [2.05, 4.69) is 24.7 Å². The van der Waals surface area contributed by atoms with Gasteiger partial charge in [0.2, 0.25) is 6.10 Å². The molecular formula is C35H49NO13S. The first-order valence-corrected chi connectivity index (χ1v) is 17.5. The number of terminal acetylenes is 1. The predicted octanol–water partition coefficient (Wildman–Crippen LogP) is 2.61. The molecule has 0 heterocycles. The van der Waals surface area contributed by atoms with Gasteiger partial charge in [-0.2, -0.15) is 11.8 Å². The van der Waals surface area contributed by atoms with Gasteiger partial charge in [0.15, 0.2) is 30.5 Å². The highest BCUT2D eigenvalue weighted by Gasteiger charge is 2.33. The Morgan fingerprint density at radius 3 is 1.78 bits per heavy atom. The summed E-state index contributed by atoms with van der Waals surface area (Å²) in [6.07, 6.45) is -3.46. The number of esters is 6. The maximum atomic E-state index is 12.7. The van der Waals surface area contributed by atoms with E-state index in [1.54, 1.807) is 42.1 Å². The normalized spacial score (nSPS) is 14.5. The van der Waals surface area contributed by atoms with Crippen molar-refractivity contribution >= 4 is 47.6 Å². The fraction of sp³-hybridized carbons (Fsp3) is 0.600. The van der Waals surface area contributed by atoms with E-state index in [4.69, 9.17) is 34.8 Å². The van der Waals surface area contributed by atoms with Crippen molar-refractivity contribution in [2.45, 2.75) is 104 Å². The van der Waals surface area contributed by atoms with Crippen molar-refractivity contribution in [2.24, 2.45) is 0 Å². The third-order valence-corrected chi connectivity index (χ3v) is 8.08. The molecule has 278 valence electrons. The lowest BCUT2D eigenvalue weighted by molar-refractivity contribution is -0.188. The molecule has 0 saturated heterocycles. The Morgan fingerprint density at radius 2 is 1.24 bits per heavy atom. The molecule has 0 amide bonds. The highest BCUT2D eigenvalue weighted by molar-refractivity contribution is 7.99. The largest absolute Gasteiger partial charge is 0.458 e. The number of aliphatic hydroxyl groups is 1. The molecule has 15 heteroatoms. The lowest BCUT2D eigenvalue weighted by Crippen LogP contribution is -2.39. The van der Waals surface area contributed by atoms with E-state index in [-0.39, 0.29) is 13.0 Å². The molecule has 50 heavy (non-hydrogen) atoms. The lowest BCUT2D eigenvalue weighted by Gasteiger charge is -2.21. The van der Waals surface area contributed by atoms with E-state index in [0.717, 1.165) is 43.6 Å². The minimum Gasteiger partial charge on any atom is -0.458 e. The second-order valence-corrected chi connectivity index (χ2v) is 12.3. The van der Waals surface area contributed by atoms with Gasteiger partial charge >= 0.3 is 35.8 Å². The molecular weight excluding hydrogens is 674 g/mol. The Kier molecular flexibility index (Phi) is 21.1.